The number of aromatic nitrogens is 1. The molecule has 9 heteroatoms. The van der Waals surface area contributed by atoms with Crippen LogP contribution in [0.1, 0.15) is 18.9 Å². The zero-order valence-corrected chi connectivity index (χ0v) is 13.5. The van der Waals surface area contributed by atoms with Crippen molar-refractivity contribution in [1.29, 1.82) is 0 Å². The van der Waals surface area contributed by atoms with Crippen LogP contribution in [0.3, 0.4) is 0 Å². The second-order valence-corrected chi connectivity index (χ2v) is 5.49. The number of rotatable bonds is 4. The van der Waals surface area contributed by atoms with Gasteiger partial charge in [0.05, 0.1) is 5.56 Å². The van der Waals surface area contributed by atoms with Gasteiger partial charge < -0.3 is 0 Å². The Balaban J connectivity index is 2.75. The lowest BCUT2D eigenvalue weighted by atomic mass is 10.00. The number of hydrogen-bond donors (Lipinski definition) is 0. The molecule has 2 rings (SSSR count). The summed E-state index contributed by atoms with van der Waals surface area (Å²) in [6, 6.07) is 1.98. The molecular weight excluding hydrogens is 376 g/mol. The van der Waals surface area contributed by atoms with Crippen LogP contribution in [0, 0.1) is 17.5 Å². The molecule has 1 heterocycles. The minimum absolute atomic E-state index is 0.483. The Labute approximate surface area is 143 Å². The summed E-state index contributed by atoms with van der Waals surface area (Å²) < 4.78 is 69.9. The SMILES string of the molecule is CCC(=O)C(F)(F)c1cc(Cl)nc(-c2ccc(F)c(Cl)c2F)c1F. The average Bonchev–Trinajstić information content (AvgIpc) is 2.54. The predicted octanol–water partition coefficient (Wildman–Crippen LogP) is 5.54. The van der Waals surface area contributed by atoms with Gasteiger partial charge in [-0.1, -0.05) is 30.1 Å². The number of nitrogens with zero attached hydrogens (tertiary/aromatic N) is 1. The van der Waals surface area contributed by atoms with Crippen LogP contribution in [0.2, 0.25) is 10.2 Å². The van der Waals surface area contributed by atoms with Crippen molar-refractivity contribution in [3.63, 3.8) is 0 Å². The van der Waals surface area contributed by atoms with Crippen LogP contribution in [-0.4, -0.2) is 10.8 Å². The number of hydrogen-bond acceptors (Lipinski definition) is 2. The van der Waals surface area contributed by atoms with Gasteiger partial charge in [0, 0.05) is 12.0 Å². The molecular formula is C15H8Cl2F5NO. The summed E-state index contributed by atoms with van der Waals surface area (Å²) >= 11 is 11.0. The standard InChI is InChI=1S/C15H8Cl2F5NO/c1-2-9(24)15(21,22)7-5-10(16)23-14(13(7)20)6-3-4-8(18)11(17)12(6)19/h3-5H,2H2,1H3. The second kappa shape index (κ2) is 6.64. The van der Waals surface area contributed by atoms with Crippen molar-refractivity contribution in [1.82, 2.24) is 4.98 Å². The van der Waals surface area contributed by atoms with Gasteiger partial charge in [0.25, 0.3) is 0 Å². The zero-order chi connectivity index (χ0) is 18.2. The maximum atomic E-state index is 14.5. The molecule has 0 fully saturated rings. The van der Waals surface area contributed by atoms with E-state index in [2.05, 4.69) is 4.98 Å². The van der Waals surface area contributed by atoms with E-state index in [4.69, 9.17) is 23.2 Å². The molecule has 0 amide bonds. The molecule has 0 saturated carbocycles. The first-order valence-electron chi connectivity index (χ1n) is 6.52. The van der Waals surface area contributed by atoms with E-state index in [1.54, 1.807) is 0 Å². The third-order valence-corrected chi connectivity index (χ3v) is 3.77. The fourth-order valence-corrected chi connectivity index (χ4v) is 2.34. The fraction of sp³-hybridized carbons (Fsp3) is 0.200. The van der Waals surface area contributed by atoms with E-state index in [0.29, 0.717) is 6.07 Å². The highest BCUT2D eigenvalue weighted by molar-refractivity contribution is 6.31. The van der Waals surface area contributed by atoms with Gasteiger partial charge in [-0.25, -0.2) is 18.2 Å². The number of pyridine rings is 1. The Morgan fingerprint density at radius 2 is 1.79 bits per heavy atom. The highest BCUT2D eigenvalue weighted by atomic mass is 35.5. The molecule has 0 N–H and O–H groups in total. The quantitative estimate of drug-likeness (QED) is 0.394. The van der Waals surface area contributed by atoms with Gasteiger partial charge in [-0.2, -0.15) is 8.78 Å². The van der Waals surface area contributed by atoms with Gasteiger partial charge in [-0.05, 0) is 18.2 Å². The number of benzene rings is 1. The van der Waals surface area contributed by atoms with Crippen LogP contribution in [-0.2, 0) is 10.7 Å². The number of carbonyl (C=O) groups excluding carboxylic acids is 1. The first-order valence-corrected chi connectivity index (χ1v) is 7.28. The van der Waals surface area contributed by atoms with E-state index < -0.39 is 62.6 Å². The molecule has 0 saturated heterocycles. The van der Waals surface area contributed by atoms with Crippen molar-refractivity contribution >= 4 is 29.0 Å². The Bertz CT molecular complexity index is 826. The smallest absolute Gasteiger partial charge is 0.293 e. The van der Waals surface area contributed by atoms with Crippen LogP contribution in [0.15, 0.2) is 18.2 Å². The molecule has 0 spiro atoms. The molecule has 1 aromatic heterocycles. The lowest BCUT2D eigenvalue weighted by Gasteiger charge is -2.17. The summed E-state index contributed by atoms with van der Waals surface area (Å²) in [6.45, 7) is 1.18. The van der Waals surface area contributed by atoms with E-state index in [1.807, 2.05) is 0 Å². The van der Waals surface area contributed by atoms with Crippen molar-refractivity contribution in [3.8, 4) is 11.3 Å². The van der Waals surface area contributed by atoms with E-state index in [0.717, 1.165) is 12.1 Å². The number of Topliss-reactive ketones (excluding diaryl/α,β-unsaturated/α-hetero) is 1. The molecule has 2 nitrogen and oxygen atoms in total. The number of ketones is 1. The first-order chi connectivity index (χ1) is 11.1. The largest absolute Gasteiger partial charge is 0.333 e. The van der Waals surface area contributed by atoms with E-state index in [9.17, 15) is 26.7 Å². The van der Waals surface area contributed by atoms with Crippen LogP contribution in [0.4, 0.5) is 22.0 Å². The summed E-state index contributed by atoms with van der Waals surface area (Å²) in [5.74, 6) is -9.88. The van der Waals surface area contributed by atoms with Crippen molar-refractivity contribution in [2.24, 2.45) is 0 Å². The molecule has 0 atom stereocenters. The molecule has 0 aliphatic heterocycles. The van der Waals surface area contributed by atoms with Crippen LogP contribution < -0.4 is 0 Å². The Morgan fingerprint density at radius 1 is 1.17 bits per heavy atom. The van der Waals surface area contributed by atoms with Crippen molar-refractivity contribution in [3.05, 3.63) is 51.4 Å². The second-order valence-electron chi connectivity index (χ2n) is 4.73. The van der Waals surface area contributed by atoms with E-state index in [-0.39, 0.29) is 0 Å². The Kier molecular flexibility index (Phi) is 5.15. The lowest BCUT2D eigenvalue weighted by Crippen LogP contribution is -2.27. The van der Waals surface area contributed by atoms with Gasteiger partial charge >= 0.3 is 5.92 Å². The summed E-state index contributed by atoms with van der Waals surface area (Å²) in [4.78, 5) is 14.8. The molecule has 0 unspecified atom stereocenters. The molecule has 24 heavy (non-hydrogen) atoms. The fourth-order valence-electron chi connectivity index (χ4n) is 1.99. The molecule has 1 aromatic carbocycles. The molecule has 128 valence electrons. The van der Waals surface area contributed by atoms with Gasteiger partial charge in [0.1, 0.15) is 21.7 Å². The lowest BCUT2D eigenvalue weighted by molar-refractivity contribution is -0.144. The zero-order valence-electron chi connectivity index (χ0n) is 11.9. The van der Waals surface area contributed by atoms with Crippen molar-refractivity contribution in [2.45, 2.75) is 19.3 Å². The third-order valence-electron chi connectivity index (χ3n) is 3.23. The minimum atomic E-state index is -4.18. The van der Waals surface area contributed by atoms with Gasteiger partial charge in [-0.15, -0.1) is 0 Å². The highest BCUT2D eigenvalue weighted by Gasteiger charge is 2.43. The molecule has 0 radical (unpaired) electrons. The maximum absolute atomic E-state index is 14.5. The number of alkyl halides is 2. The van der Waals surface area contributed by atoms with E-state index >= 15 is 0 Å². The van der Waals surface area contributed by atoms with Crippen molar-refractivity contribution in [2.75, 3.05) is 0 Å². The number of halogens is 7. The Hall–Kier alpha value is -1.73. The molecule has 2 aromatic rings. The highest BCUT2D eigenvalue weighted by Crippen LogP contribution is 2.38. The van der Waals surface area contributed by atoms with Gasteiger partial charge in [0.2, 0.25) is 5.78 Å². The summed E-state index contributed by atoms with van der Waals surface area (Å²) in [6.07, 6.45) is -0.557. The topological polar surface area (TPSA) is 30.0 Å². The van der Waals surface area contributed by atoms with Gasteiger partial charge in [0.15, 0.2) is 11.6 Å². The van der Waals surface area contributed by atoms with Crippen molar-refractivity contribution < 1.29 is 26.7 Å². The average molecular weight is 384 g/mol. The monoisotopic (exact) mass is 383 g/mol. The first kappa shape index (κ1) is 18.6. The normalized spacial score (nSPS) is 11.7. The predicted molar refractivity (Wildman–Crippen MR) is 78.8 cm³/mol. The van der Waals surface area contributed by atoms with Crippen LogP contribution in [0.5, 0.6) is 0 Å². The summed E-state index contributed by atoms with van der Waals surface area (Å²) in [5.41, 5.74) is -2.91. The molecule has 0 aliphatic carbocycles. The number of carbonyl (C=O) groups is 1. The molecule has 0 bridgehead atoms. The minimum Gasteiger partial charge on any atom is -0.293 e. The van der Waals surface area contributed by atoms with Gasteiger partial charge in [-0.3, -0.25) is 4.79 Å². The maximum Gasteiger partial charge on any atom is 0.333 e. The third kappa shape index (κ3) is 3.10. The van der Waals surface area contributed by atoms with E-state index in [1.165, 1.54) is 6.92 Å². The molecule has 0 aliphatic rings. The van der Waals surface area contributed by atoms with Crippen LogP contribution in [0.25, 0.3) is 11.3 Å². The summed E-state index contributed by atoms with van der Waals surface area (Å²) in [5, 5.41) is -1.54. The Morgan fingerprint density at radius 3 is 2.38 bits per heavy atom. The summed E-state index contributed by atoms with van der Waals surface area (Å²) in [7, 11) is 0. The van der Waals surface area contributed by atoms with Crippen LogP contribution >= 0.6 is 23.2 Å².